The van der Waals surface area contributed by atoms with Crippen molar-refractivity contribution in [3.05, 3.63) is 68.3 Å². The predicted octanol–water partition coefficient (Wildman–Crippen LogP) is 2.91. The number of halogens is 2. The molecule has 2 heterocycles. The molecule has 2 aromatic heterocycles. The highest BCUT2D eigenvalue weighted by molar-refractivity contribution is 7.15. The molecule has 3 aromatic rings. The van der Waals surface area contributed by atoms with E-state index in [1.807, 2.05) is 0 Å². The number of hydrogen-bond donors (Lipinski definition) is 0. The van der Waals surface area contributed by atoms with E-state index < -0.39 is 11.8 Å². The third-order valence-electron chi connectivity index (χ3n) is 2.87. The molecule has 0 amide bonds. The first-order valence-corrected chi connectivity index (χ1v) is 7.39. The summed E-state index contributed by atoms with van der Waals surface area (Å²) in [4.78, 5) is 28.4. The van der Waals surface area contributed by atoms with Crippen molar-refractivity contribution in [3.63, 3.8) is 0 Å². The Morgan fingerprint density at radius 3 is 3.05 bits per heavy atom. The minimum absolute atomic E-state index is 0.0354. The molecular weight excluding hydrogens is 331 g/mol. The first-order chi connectivity index (χ1) is 10.6. The van der Waals surface area contributed by atoms with Gasteiger partial charge in [-0.3, -0.25) is 9.20 Å². The zero-order valence-electron chi connectivity index (χ0n) is 11.0. The van der Waals surface area contributed by atoms with E-state index in [0.717, 1.165) is 6.07 Å². The molecule has 0 N–H and O–H groups in total. The molecule has 0 aliphatic rings. The predicted molar refractivity (Wildman–Crippen MR) is 79.9 cm³/mol. The Morgan fingerprint density at radius 2 is 2.27 bits per heavy atom. The van der Waals surface area contributed by atoms with Gasteiger partial charge in [-0.2, -0.15) is 0 Å². The summed E-state index contributed by atoms with van der Waals surface area (Å²) in [5.41, 5.74) is -0.326. The second kappa shape index (κ2) is 5.86. The number of esters is 1. The van der Waals surface area contributed by atoms with E-state index in [1.54, 1.807) is 11.6 Å². The molecular formula is C14H8ClFN2O3S. The van der Waals surface area contributed by atoms with Gasteiger partial charge in [0.15, 0.2) is 4.96 Å². The first kappa shape index (κ1) is 14.7. The summed E-state index contributed by atoms with van der Waals surface area (Å²) in [7, 11) is 0. The number of rotatable bonds is 3. The largest absolute Gasteiger partial charge is 0.455 e. The Balaban J connectivity index is 1.82. The molecule has 22 heavy (non-hydrogen) atoms. The van der Waals surface area contributed by atoms with Crippen molar-refractivity contribution in [1.82, 2.24) is 9.38 Å². The van der Waals surface area contributed by atoms with Crippen molar-refractivity contribution >= 4 is 33.9 Å². The Labute approximate surface area is 132 Å². The Morgan fingerprint density at radius 1 is 1.45 bits per heavy atom. The van der Waals surface area contributed by atoms with E-state index in [1.165, 1.54) is 33.9 Å². The number of thiazole rings is 1. The van der Waals surface area contributed by atoms with Gasteiger partial charge >= 0.3 is 5.97 Å². The van der Waals surface area contributed by atoms with Crippen molar-refractivity contribution in [2.24, 2.45) is 0 Å². The van der Waals surface area contributed by atoms with Gasteiger partial charge in [0, 0.05) is 17.6 Å². The maximum absolute atomic E-state index is 13.6. The maximum Gasteiger partial charge on any atom is 0.343 e. The molecule has 3 rings (SSSR count). The molecule has 0 saturated heterocycles. The van der Waals surface area contributed by atoms with Gasteiger partial charge in [-0.05, 0) is 12.1 Å². The van der Waals surface area contributed by atoms with Crippen molar-refractivity contribution in [2.45, 2.75) is 6.61 Å². The molecule has 1 aromatic carbocycles. The van der Waals surface area contributed by atoms with Crippen LogP contribution in [0.15, 0.2) is 40.6 Å². The van der Waals surface area contributed by atoms with Gasteiger partial charge in [0.05, 0.1) is 10.7 Å². The molecule has 112 valence electrons. The number of hydrogen-bond acceptors (Lipinski definition) is 5. The summed E-state index contributed by atoms with van der Waals surface area (Å²) >= 11 is 7.07. The fourth-order valence-electron chi connectivity index (χ4n) is 1.87. The smallest absolute Gasteiger partial charge is 0.343 e. The minimum Gasteiger partial charge on any atom is -0.455 e. The van der Waals surface area contributed by atoms with Gasteiger partial charge < -0.3 is 4.74 Å². The molecule has 0 spiro atoms. The summed E-state index contributed by atoms with van der Waals surface area (Å²) in [6, 6.07) is 5.16. The van der Waals surface area contributed by atoms with Gasteiger partial charge in [-0.15, -0.1) is 11.3 Å². The number of carbonyl (C=O) groups is 1. The Hall–Kier alpha value is -2.25. The number of carbonyl (C=O) groups excluding carboxylic acids is 1. The standard InChI is InChI=1S/C14H8ClFN2O3S/c15-9-2-1-3-10(16)12(9)13(20)21-7-8-6-11(19)18-4-5-22-14(18)17-8/h1-6H,7H2. The zero-order chi connectivity index (χ0) is 15.7. The Kier molecular flexibility index (Phi) is 3.91. The van der Waals surface area contributed by atoms with E-state index in [4.69, 9.17) is 16.3 Å². The molecule has 8 heteroatoms. The quantitative estimate of drug-likeness (QED) is 0.689. The summed E-state index contributed by atoms with van der Waals surface area (Å²) in [6.45, 7) is -0.243. The highest BCUT2D eigenvalue weighted by atomic mass is 35.5. The van der Waals surface area contributed by atoms with Gasteiger partial charge in [0.2, 0.25) is 0 Å². The highest BCUT2D eigenvalue weighted by Crippen LogP contribution is 2.20. The number of aromatic nitrogens is 2. The Bertz CT molecular complexity index is 902. The lowest BCUT2D eigenvalue weighted by Crippen LogP contribution is -2.15. The van der Waals surface area contributed by atoms with Crippen molar-refractivity contribution < 1.29 is 13.9 Å². The minimum atomic E-state index is -0.906. The number of benzene rings is 1. The number of fused-ring (bicyclic) bond motifs is 1. The molecule has 0 aliphatic heterocycles. The van der Waals surface area contributed by atoms with Gasteiger partial charge in [-0.25, -0.2) is 14.2 Å². The van der Waals surface area contributed by atoms with E-state index >= 15 is 0 Å². The van der Waals surface area contributed by atoms with E-state index in [0.29, 0.717) is 4.96 Å². The third kappa shape index (κ3) is 2.72. The topological polar surface area (TPSA) is 60.7 Å². The van der Waals surface area contributed by atoms with Crippen LogP contribution in [0.4, 0.5) is 4.39 Å². The van der Waals surface area contributed by atoms with Crippen LogP contribution >= 0.6 is 22.9 Å². The summed E-state index contributed by atoms with van der Waals surface area (Å²) in [6.07, 6.45) is 1.60. The molecule has 0 bridgehead atoms. The molecule has 5 nitrogen and oxygen atoms in total. The lowest BCUT2D eigenvalue weighted by atomic mass is 10.2. The lowest BCUT2D eigenvalue weighted by Gasteiger charge is -2.06. The first-order valence-electron chi connectivity index (χ1n) is 6.13. The SMILES string of the molecule is O=C(OCc1cc(=O)n2ccsc2n1)c1c(F)cccc1Cl. The van der Waals surface area contributed by atoms with Crippen LogP contribution in [-0.2, 0) is 11.3 Å². The van der Waals surface area contributed by atoms with E-state index in [-0.39, 0.29) is 28.4 Å². The number of ether oxygens (including phenoxy) is 1. The van der Waals surface area contributed by atoms with Crippen LogP contribution in [0, 0.1) is 5.82 Å². The van der Waals surface area contributed by atoms with Gasteiger partial charge in [-0.1, -0.05) is 17.7 Å². The van der Waals surface area contributed by atoms with Crippen LogP contribution in [0.5, 0.6) is 0 Å². The average molecular weight is 339 g/mol. The van der Waals surface area contributed by atoms with Crippen molar-refractivity contribution in [2.75, 3.05) is 0 Å². The summed E-state index contributed by atoms with van der Waals surface area (Å²) < 4.78 is 20.0. The average Bonchev–Trinajstić information content (AvgIpc) is 2.94. The maximum atomic E-state index is 13.6. The van der Waals surface area contributed by atoms with Crippen molar-refractivity contribution in [3.8, 4) is 0 Å². The molecule has 0 fully saturated rings. The molecule has 0 aliphatic carbocycles. The fourth-order valence-corrected chi connectivity index (χ4v) is 2.85. The molecule has 0 radical (unpaired) electrons. The van der Waals surface area contributed by atoms with Crippen LogP contribution in [0.1, 0.15) is 16.1 Å². The van der Waals surface area contributed by atoms with Crippen LogP contribution in [-0.4, -0.2) is 15.4 Å². The third-order valence-corrected chi connectivity index (χ3v) is 3.95. The lowest BCUT2D eigenvalue weighted by molar-refractivity contribution is 0.0462. The normalized spacial score (nSPS) is 10.8. The van der Waals surface area contributed by atoms with Crippen LogP contribution in [0.25, 0.3) is 4.96 Å². The molecule has 0 atom stereocenters. The van der Waals surface area contributed by atoms with Crippen LogP contribution < -0.4 is 5.56 Å². The second-order valence-corrected chi connectivity index (χ2v) is 5.59. The number of nitrogens with zero attached hydrogens (tertiary/aromatic N) is 2. The fraction of sp³-hybridized carbons (Fsp3) is 0.0714. The van der Waals surface area contributed by atoms with Gasteiger partial charge in [0.1, 0.15) is 18.0 Å². The monoisotopic (exact) mass is 338 g/mol. The second-order valence-electron chi connectivity index (χ2n) is 4.31. The zero-order valence-corrected chi connectivity index (χ0v) is 12.5. The molecule has 0 unspecified atom stereocenters. The van der Waals surface area contributed by atoms with Gasteiger partial charge in [0.25, 0.3) is 5.56 Å². The van der Waals surface area contributed by atoms with Crippen LogP contribution in [0.3, 0.4) is 0 Å². The summed E-state index contributed by atoms with van der Waals surface area (Å²) in [5, 5.41) is 1.69. The van der Waals surface area contributed by atoms with E-state index in [9.17, 15) is 14.0 Å². The van der Waals surface area contributed by atoms with Crippen LogP contribution in [0.2, 0.25) is 5.02 Å². The van der Waals surface area contributed by atoms with E-state index in [2.05, 4.69) is 4.98 Å². The summed E-state index contributed by atoms with van der Waals surface area (Å²) in [5.74, 6) is -1.67. The van der Waals surface area contributed by atoms with Crippen molar-refractivity contribution in [1.29, 1.82) is 0 Å². The highest BCUT2D eigenvalue weighted by Gasteiger charge is 2.17. The molecule has 0 saturated carbocycles.